The Kier molecular flexibility index (Phi) is 4.30. The van der Waals surface area contributed by atoms with Gasteiger partial charge in [-0.25, -0.2) is 0 Å². The lowest BCUT2D eigenvalue weighted by molar-refractivity contribution is 0.603. The maximum Gasteiger partial charge on any atom is 0.450 e. The number of hydrogen-bond donors (Lipinski definition) is 0. The summed E-state index contributed by atoms with van der Waals surface area (Å²) >= 11 is 33.7. The Balaban J connectivity index is 3.07. The van der Waals surface area contributed by atoms with Gasteiger partial charge in [-0.05, 0) is 6.42 Å². The van der Waals surface area contributed by atoms with E-state index in [1.807, 2.05) is 0 Å². The summed E-state index contributed by atoms with van der Waals surface area (Å²) in [5.74, 6) is 0. The minimum Gasteiger partial charge on any atom is -0.257 e. The molecule has 76 valence electrons. The fraction of sp³-hybridized carbons (Fsp3) is 1.00. The van der Waals surface area contributed by atoms with E-state index in [1.165, 1.54) is 0 Å². The standard InChI is InChI=1S/C5H4Cl6.Al.ClH/c1-2-4(8,9)5(10,11)3(6)7;;/h1-2H2;;1H/q;+1;/p-1. The van der Waals surface area contributed by atoms with Crippen molar-refractivity contribution in [2.45, 2.75) is 23.6 Å². The molecule has 0 unspecified atom stereocenters. The quantitative estimate of drug-likeness (QED) is 0.444. The van der Waals surface area contributed by atoms with Crippen LogP contribution in [-0.4, -0.2) is 25.1 Å². The normalized spacial score (nSPS) is 30.2. The first-order valence-corrected chi connectivity index (χ1v) is 8.81. The largest absolute Gasteiger partial charge is 0.450 e. The maximum absolute atomic E-state index is 6.01. The zero-order chi connectivity index (χ0) is 10.5. The zero-order valence-electron chi connectivity index (χ0n) is 6.14. The molecule has 0 amide bonds. The minimum absolute atomic E-state index is 0.407. The smallest absolute Gasteiger partial charge is 0.257 e. The highest BCUT2D eigenvalue weighted by molar-refractivity contribution is 7.16. The molecule has 0 N–H and O–H groups in total. The molecule has 13 heavy (non-hydrogen) atoms. The first kappa shape index (κ1) is 13.6. The average Bonchev–Trinajstić information content (AvgIpc) is 1.97. The Morgan fingerprint density at radius 2 is 1.38 bits per heavy atom. The van der Waals surface area contributed by atoms with Crippen LogP contribution in [0.25, 0.3) is 0 Å². The van der Waals surface area contributed by atoms with E-state index in [9.17, 15) is 0 Å². The molecule has 1 heterocycles. The lowest BCUT2D eigenvalue weighted by atomic mass is 10.2. The number of halogens is 7. The first-order chi connectivity index (χ1) is 5.63. The summed E-state index contributed by atoms with van der Waals surface area (Å²) in [5, 5.41) is 0.600. The van der Waals surface area contributed by atoms with E-state index < -0.39 is 25.1 Å². The average molecular weight is 339 g/mol. The van der Waals surface area contributed by atoms with Crippen LogP contribution < -0.4 is 0 Å². The van der Waals surface area contributed by atoms with E-state index in [1.54, 1.807) is 0 Å². The van der Waals surface area contributed by atoms with Gasteiger partial charge >= 0.3 is 13.2 Å². The molecule has 1 rings (SSSR count). The predicted molar refractivity (Wildman–Crippen MR) is 64.3 cm³/mol. The third-order valence-electron chi connectivity index (χ3n) is 1.98. The van der Waals surface area contributed by atoms with Gasteiger partial charge in [0.25, 0.3) is 0 Å². The topological polar surface area (TPSA) is 0 Å². The summed E-state index contributed by atoms with van der Waals surface area (Å²) in [6, 6.07) is 0. The predicted octanol–water partition coefficient (Wildman–Crippen LogP) is 4.68. The highest BCUT2D eigenvalue weighted by Crippen LogP contribution is 2.61. The van der Waals surface area contributed by atoms with Gasteiger partial charge in [0.15, 0.2) is 8.67 Å². The van der Waals surface area contributed by atoms with Crippen LogP contribution in [0, 0.1) is 0 Å². The lowest BCUT2D eigenvalue weighted by Gasteiger charge is -2.46. The van der Waals surface area contributed by atoms with Gasteiger partial charge in [0, 0.05) is 0 Å². The van der Waals surface area contributed by atoms with Crippen LogP contribution in [0.1, 0.15) is 6.42 Å². The third kappa shape index (κ3) is 2.17. The molecule has 1 aliphatic rings. The molecule has 0 aromatic rings. The summed E-state index contributed by atoms with van der Waals surface area (Å²) in [4.78, 5) is 0. The van der Waals surface area contributed by atoms with Crippen molar-refractivity contribution in [3.05, 3.63) is 0 Å². The molecule has 1 aliphatic heterocycles. The van der Waals surface area contributed by atoms with Gasteiger partial charge in [-0.15, -0.1) is 23.2 Å². The van der Waals surface area contributed by atoms with E-state index in [0.29, 0.717) is 11.7 Å². The molecule has 1 saturated heterocycles. The molecule has 0 aliphatic carbocycles. The van der Waals surface area contributed by atoms with Crippen molar-refractivity contribution in [2.24, 2.45) is 0 Å². The number of rotatable bonds is 0. The van der Waals surface area contributed by atoms with Crippen molar-refractivity contribution < 1.29 is 0 Å². The van der Waals surface area contributed by atoms with Crippen LogP contribution in [0.3, 0.4) is 0 Å². The van der Waals surface area contributed by atoms with E-state index in [-0.39, 0.29) is 0 Å². The van der Waals surface area contributed by atoms with Crippen LogP contribution in [0.5, 0.6) is 0 Å². The van der Waals surface area contributed by atoms with Gasteiger partial charge in [-0.3, -0.25) is 10.0 Å². The van der Waals surface area contributed by atoms with Crippen LogP contribution >= 0.6 is 79.7 Å². The summed E-state index contributed by atoms with van der Waals surface area (Å²) in [5.41, 5.74) is 0. The highest BCUT2D eigenvalue weighted by atomic mass is 35.6. The van der Waals surface area contributed by atoms with Gasteiger partial charge in [-0.1, -0.05) is 51.7 Å². The first-order valence-electron chi connectivity index (χ1n) is 3.40. The highest BCUT2D eigenvalue weighted by Gasteiger charge is 2.67. The van der Waals surface area contributed by atoms with E-state index in [4.69, 9.17) is 79.7 Å². The van der Waals surface area contributed by atoms with Crippen molar-refractivity contribution in [3.8, 4) is 0 Å². The Bertz CT molecular complexity index is 213. The van der Waals surface area contributed by atoms with Crippen LogP contribution in [0.2, 0.25) is 5.28 Å². The van der Waals surface area contributed by atoms with E-state index in [0.717, 1.165) is 0 Å². The Morgan fingerprint density at radius 3 is 1.77 bits per heavy atom. The van der Waals surface area contributed by atoms with Crippen molar-refractivity contribution in [1.29, 1.82) is 0 Å². The number of hydrogen-bond acceptors (Lipinski definition) is 0. The zero-order valence-corrected chi connectivity index (χ0v) is 12.6. The fourth-order valence-corrected chi connectivity index (χ4v) is 7.14. The van der Waals surface area contributed by atoms with E-state index in [2.05, 4.69) is 0 Å². The Hall–Kier alpha value is 2.56. The maximum atomic E-state index is 6.01. The van der Waals surface area contributed by atoms with Crippen LogP contribution in [-0.2, 0) is 0 Å². The second kappa shape index (κ2) is 4.10. The summed E-state index contributed by atoms with van der Waals surface area (Å²) in [6.07, 6.45) is 0.407. The molecule has 0 saturated carbocycles. The summed E-state index contributed by atoms with van der Waals surface area (Å²) in [7, 11) is 6.01. The van der Waals surface area contributed by atoms with Crippen molar-refractivity contribution in [1.82, 2.24) is 0 Å². The fourth-order valence-electron chi connectivity index (χ4n) is 1.09. The lowest BCUT2D eigenvalue weighted by Crippen LogP contribution is -2.59. The molecule has 0 aromatic heterocycles. The van der Waals surface area contributed by atoms with Gasteiger partial charge < -0.3 is 0 Å². The summed E-state index contributed by atoms with van der Waals surface area (Å²) < 4.78 is -4.39. The second-order valence-corrected chi connectivity index (χ2v) is 11.8. The van der Waals surface area contributed by atoms with Gasteiger partial charge in [0.1, 0.15) is 3.20 Å². The molecule has 0 bridgehead atoms. The van der Waals surface area contributed by atoms with E-state index >= 15 is 0 Å². The van der Waals surface area contributed by atoms with Crippen molar-refractivity contribution in [2.75, 3.05) is 0 Å². The molecular weight excluding hydrogens is 335 g/mol. The van der Waals surface area contributed by atoms with Gasteiger partial charge in [0.05, 0.1) is 0 Å². The third-order valence-corrected chi connectivity index (χ3v) is 11.8. The van der Waals surface area contributed by atoms with Crippen molar-refractivity contribution in [3.63, 3.8) is 0 Å². The Morgan fingerprint density at radius 1 is 0.923 bits per heavy atom. The van der Waals surface area contributed by atoms with Crippen LogP contribution in [0.4, 0.5) is 0 Å². The molecule has 0 radical (unpaired) electrons. The summed E-state index contributed by atoms with van der Waals surface area (Å²) in [6.45, 7) is 0. The monoisotopic (exact) mass is 336 g/mol. The molecule has 8 heteroatoms. The Labute approximate surface area is 115 Å². The van der Waals surface area contributed by atoms with Gasteiger partial charge in [-0.2, -0.15) is 0 Å². The molecule has 1 fully saturated rings. The number of alkyl halides is 6. The van der Waals surface area contributed by atoms with Crippen molar-refractivity contribution >= 4 is 92.9 Å². The van der Waals surface area contributed by atoms with Gasteiger partial charge in [0.2, 0.25) is 0 Å². The minimum atomic E-state index is -1.94. The SMILES string of the molecule is [Cl][Al]1[CH2]CC(Cl)(Cl)C(Cl)(Cl)[C]1(Cl)Cl. The molecular formula is C5H4AlCl7. The molecule has 0 atom stereocenters. The molecule has 0 aromatic carbocycles. The van der Waals surface area contributed by atoms with Crippen LogP contribution in [0.15, 0.2) is 0 Å². The molecule has 0 spiro atoms. The second-order valence-electron chi connectivity index (χ2n) is 2.91. The molecule has 0 nitrogen and oxygen atoms in total.